The van der Waals surface area contributed by atoms with Gasteiger partial charge in [-0.3, -0.25) is 9.98 Å². The van der Waals surface area contributed by atoms with Crippen molar-refractivity contribution < 1.29 is 4.43 Å². The Balaban J connectivity index is 2.45. The Labute approximate surface area is 111 Å². The van der Waals surface area contributed by atoms with Crippen molar-refractivity contribution in [3.8, 4) is 0 Å². The summed E-state index contributed by atoms with van der Waals surface area (Å²) < 4.78 is 5.91. The van der Waals surface area contributed by atoms with Crippen LogP contribution >= 0.6 is 0 Å². The van der Waals surface area contributed by atoms with Crippen LogP contribution in [-0.4, -0.2) is 32.2 Å². The van der Waals surface area contributed by atoms with E-state index in [1.54, 1.807) is 6.20 Å². The molecule has 0 saturated heterocycles. The quantitative estimate of drug-likeness (QED) is 0.583. The molecule has 0 radical (unpaired) electrons. The van der Waals surface area contributed by atoms with E-state index in [9.17, 15) is 0 Å². The van der Waals surface area contributed by atoms with E-state index in [4.69, 9.17) is 4.43 Å². The monoisotopic (exact) mass is 264 g/mol. The summed E-state index contributed by atoms with van der Waals surface area (Å²) in [5.74, 6) is 0.427. The topological polar surface area (TPSA) is 34.5 Å². The SMILES string of the molecule is CC(CO[Si](C)(C)C)[C@@H](C)N=Cc1ccccn1. The number of hydrogen-bond acceptors (Lipinski definition) is 3. The van der Waals surface area contributed by atoms with E-state index in [1.165, 1.54) is 0 Å². The average molecular weight is 264 g/mol. The molecule has 1 aromatic rings. The van der Waals surface area contributed by atoms with Crippen LogP contribution in [-0.2, 0) is 4.43 Å². The maximum absolute atomic E-state index is 5.91. The molecule has 0 bridgehead atoms. The molecule has 1 rings (SSSR count). The van der Waals surface area contributed by atoms with Crippen LogP contribution in [0.1, 0.15) is 19.5 Å². The minimum absolute atomic E-state index is 0.253. The van der Waals surface area contributed by atoms with Crippen LogP contribution < -0.4 is 0 Å². The summed E-state index contributed by atoms with van der Waals surface area (Å²) in [4.78, 5) is 8.76. The zero-order valence-corrected chi connectivity index (χ0v) is 13.1. The van der Waals surface area contributed by atoms with Crippen LogP contribution in [0.2, 0.25) is 19.6 Å². The van der Waals surface area contributed by atoms with Crippen molar-refractivity contribution in [3.63, 3.8) is 0 Å². The molecule has 0 aliphatic carbocycles. The minimum atomic E-state index is -1.42. The maximum atomic E-state index is 5.91. The molecule has 0 aliphatic rings. The Bertz CT molecular complexity index is 373. The molecule has 0 N–H and O–H groups in total. The van der Waals surface area contributed by atoms with Gasteiger partial charge < -0.3 is 4.43 Å². The first-order valence-corrected chi connectivity index (χ1v) is 9.87. The summed E-state index contributed by atoms with van der Waals surface area (Å²) in [7, 11) is -1.42. The van der Waals surface area contributed by atoms with Gasteiger partial charge in [-0.05, 0) is 38.7 Å². The van der Waals surface area contributed by atoms with Gasteiger partial charge in [-0.15, -0.1) is 0 Å². The van der Waals surface area contributed by atoms with Gasteiger partial charge in [-0.1, -0.05) is 13.0 Å². The summed E-state index contributed by atoms with van der Waals surface area (Å²) >= 11 is 0. The molecule has 0 fully saturated rings. The lowest BCUT2D eigenvalue weighted by Crippen LogP contribution is -2.30. The van der Waals surface area contributed by atoms with Crippen LogP contribution in [0.5, 0.6) is 0 Å². The number of hydrogen-bond donors (Lipinski definition) is 0. The number of rotatable bonds is 6. The zero-order valence-electron chi connectivity index (χ0n) is 12.1. The van der Waals surface area contributed by atoms with Crippen molar-refractivity contribution in [2.75, 3.05) is 6.61 Å². The molecule has 1 heterocycles. The van der Waals surface area contributed by atoms with Crippen molar-refractivity contribution >= 4 is 14.5 Å². The standard InChI is InChI=1S/C14H24N2OSi/c1-12(11-17-18(3,4)5)13(2)16-10-14-8-6-7-9-15-14/h6-10,12-13H,11H2,1-5H3/t12?,13-/m1/s1. The largest absolute Gasteiger partial charge is 0.417 e. The van der Waals surface area contributed by atoms with Gasteiger partial charge in [-0.2, -0.15) is 0 Å². The third kappa shape index (κ3) is 6.07. The highest BCUT2D eigenvalue weighted by atomic mass is 28.4. The average Bonchev–Trinajstić information content (AvgIpc) is 2.33. The van der Waals surface area contributed by atoms with Crippen LogP contribution in [0, 0.1) is 5.92 Å². The van der Waals surface area contributed by atoms with Crippen LogP contribution in [0.4, 0.5) is 0 Å². The third-order valence-corrected chi connectivity index (χ3v) is 3.77. The van der Waals surface area contributed by atoms with Crippen LogP contribution in [0.25, 0.3) is 0 Å². The summed E-state index contributed by atoms with van der Waals surface area (Å²) in [5.41, 5.74) is 0.905. The zero-order chi connectivity index (χ0) is 13.6. The van der Waals surface area contributed by atoms with Gasteiger partial charge in [0.05, 0.1) is 11.7 Å². The second-order valence-electron chi connectivity index (χ2n) is 5.67. The van der Waals surface area contributed by atoms with Gasteiger partial charge >= 0.3 is 0 Å². The molecule has 100 valence electrons. The molecule has 3 nitrogen and oxygen atoms in total. The summed E-state index contributed by atoms with van der Waals surface area (Å²) in [6.07, 6.45) is 3.62. The Morgan fingerprint density at radius 1 is 1.33 bits per heavy atom. The Hall–Kier alpha value is -1.00. The summed E-state index contributed by atoms with van der Waals surface area (Å²) in [6.45, 7) is 11.7. The normalized spacial score (nSPS) is 15.8. The predicted molar refractivity (Wildman–Crippen MR) is 79.8 cm³/mol. The molecule has 1 aromatic heterocycles. The fraction of sp³-hybridized carbons (Fsp3) is 0.571. The lowest BCUT2D eigenvalue weighted by atomic mass is 10.1. The van der Waals surface area contributed by atoms with Crippen LogP contribution in [0.15, 0.2) is 29.4 Å². The Morgan fingerprint density at radius 3 is 2.61 bits per heavy atom. The van der Waals surface area contributed by atoms with E-state index in [0.29, 0.717) is 5.92 Å². The van der Waals surface area contributed by atoms with E-state index in [-0.39, 0.29) is 6.04 Å². The fourth-order valence-corrected chi connectivity index (χ4v) is 2.08. The molecule has 4 heteroatoms. The van der Waals surface area contributed by atoms with Crippen molar-refractivity contribution in [2.45, 2.75) is 39.5 Å². The highest BCUT2D eigenvalue weighted by Gasteiger charge is 2.18. The molecule has 0 aromatic carbocycles. The first-order valence-electron chi connectivity index (χ1n) is 6.46. The van der Waals surface area contributed by atoms with Crippen molar-refractivity contribution in [2.24, 2.45) is 10.9 Å². The molecule has 0 amide bonds. The predicted octanol–water partition coefficient (Wildman–Crippen LogP) is 3.38. The molecule has 0 spiro atoms. The van der Waals surface area contributed by atoms with Crippen LogP contribution in [0.3, 0.4) is 0 Å². The van der Waals surface area contributed by atoms with Gasteiger partial charge in [0.1, 0.15) is 0 Å². The van der Waals surface area contributed by atoms with Crippen molar-refractivity contribution in [1.29, 1.82) is 0 Å². The number of aromatic nitrogens is 1. The molecule has 0 saturated carbocycles. The minimum Gasteiger partial charge on any atom is -0.417 e. The van der Waals surface area contributed by atoms with Gasteiger partial charge in [0.15, 0.2) is 8.32 Å². The highest BCUT2D eigenvalue weighted by Crippen LogP contribution is 2.11. The van der Waals surface area contributed by atoms with E-state index in [1.807, 2.05) is 24.4 Å². The van der Waals surface area contributed by atoms with E-state index >= 15 is 0 Å². The fourth-order valence-electron chi connectivity index (χ4n) is 1.31. The van der Waals surface area contributed by atoms with Crippen molar-refractivity contribution in [3.05, 3.63) is 30.1 Å². The first-order chi connectivity index (χ1) is 8.38. The van der Waals surface area contributed by atoms with E-state index in [2.05, 4.69) is 43.5 Å². The lowest BCUT2D eigenvalue weighted by molar-refractivity contribution is 0.237. The molecule has 2 atom stereocenters. The number of aliphatic imine (C=N–C) groups is 1. The van der Waals surface area contributed by atoms with Crippen molar-refractivity contribution in [1.82, 2.24) is 4.98 Å². The second kappa shape index (κ2) is 6.80. The molecule has 1 unspecified atom stereocenters. The number of nitrogens with zero attached hydrogens (tertiary/aromatic N) is 2. The summed E-state index contributed by atoms with van der Waals surface area (Å²) in [5, 5.41) is 0. The maximum Gasteiger partial charge on any atom is 0.183 e. The molecular formula is C14H24N2OSi. The van der Waals surface area contributed by atoms with Gasteiger partial charge in [0.2, 0.25) is 0 Å². The lowest BCUT2D eigenvalue weighted by Gasteiger charge is -2.22. The molecule has 18 heavy (non-hydrogen) atoms. The smallest absolute Gasteiger partial charge is 0.183 e. The van der Waals surface area contributed by atoms with Gasteiger partial charge in [0.25, 0.3) is 0 Å². The molecule has 0 aliphatic heterocycles. The third-order valence-electron chi connectivity index (χ3n) is 2.73. The highest BCUT2D eigenvalue weighted by molar-refractivity contribution is 6.69. The molecular weight excluding hydrogens is 240 g/mol. The Morgan fingerprint density at radius 2 is 2.06 bits per heavy atom. The van der Waals surface area contributed by atoms with E-state index in [0.717, 1.165) is 12.3 Å². The van der Waals surface area contributed by atoms with Gasteiger partial charge in [0, 0.05) is 24.9 Å². The van der Waals surface area contributed by atoms with Gasteiger partial charge in [-0.25, -0.2) is 0 Å². The summed E-state index contributed by atoms with van der Waals surface area (Å²) in [6, 6.07) is 6.09. The first kappa shape index (κ1) is 15.1. The Kier molecular flexibility index (Phi) is 5.69. The number of pyridine rings is 1. The van der Waals surface area contributed by atoms with E-state index < -0.39 is 8.32 Å². The second-order valence-corrected chi connectivity index (χ2v) is 10.2.